The summed E-state index contributed by atoms with van der Waals surface area (Å²) in [6, 6.07) is 9.51. The smallest absolute Gasteiger partial charge is 0.224 e. The van der Waals surface area contributed by atoms with Crippen LogP contribution < -0.4 is 10.6 Å². The molecule has 96 valence electrons. The molecule has 0 saturated heterocycles. The Morgan fingerprint density at radius 1 is 1.16 bits per heavy atom. The first-order valence-corrected chi connectivity index (χ1v) is 5.93. The fourth-order valence-electron chi connectivity index (χ4n) is 1.71. The van der Waals surface area contributed by atoms with Crippen molar-refractivity contribution >= 4 is 17.5 Å². The van der Waals surface area contributed by atoms with Crippen molar-refractivity contribution in [1.82, 2.24) is 9.97 Å². The van der Waals surface area contributed by atoms with E-state index in [0.29, 0.717) is 17.3 Å². The second-order valence-corrected chi connectivity index (χ2v) is 4.23. The van der Waals surface area contributed by atoms with Crippen LogP contribution in [0.1, 0.15) is 16.8 Å². The highest BCUT2D eigenvalue weighted by molar-refractivity contribution is 5.63. The van der Waals surface area contributed by atoms with E-state index in [1.807, 2.05) is 32.0 Å². The van der Waals surface area contributed by atoms with E-state index in [-0.39, 0.29) is 0 Å². The lowest BCUT2D eigenvalue weighted by molar-refractivity contribution is 1.10. The summed E-state index contributed by atoms with van der Waals surface area (Å²) >= 11 is 0. The van der Waals surface area contributed by atoms with Gasteiger partial charge in [-0.2, -0.15) is 10.2 Å². The van der Waals surface area contributed by atoms with E-state index < -0.39 is 0 Å². The fraction of sp³-hybridized carbons (Fsp3) is 0.214. The Bertz CT molecular complexity index is 643. The molecule has 1 aromatic heterocycles. The number of benzene rings is 1. The molecule has 0 unspecified atom stereocenters. The average Bonchev–Trinajstić information content (AvgIpc) is 2.40. The van der Waals surface area contributed by atoms with Gasteiger partial charge >= 0.3 is 0 Å². The molecule has 0 amide bonds. The predicted molar refractivity (Wildman–Crippen MR) is 75.5 cm³/mol. The summed E-state index contributed by atoms with van der Waals surface area (Å²) in [5, 5.41) is 15.1. The predicted octanol–water partition coefficient (Wildman–Crippen LogP) is 2.75. The highest BCUT2D eigenvalue weighted by Gasteiger charge is 2.04. The summed E-state index contributed by atoms with van der Waals surface area (Å²) in [4.78, 5) is 8.56. The van der Waals surface area contributed by atoms with Gasteiger partial charge in [-0.3, -0.25) is 0 Å². The van der Waals surface area contributed by atoms with Crippen molar-refractivity contribution < 1.29 is 0 Å². The summed E-state index contributed by atoms with van der Waals surface area (Å²) in [6.45, 7) is 3.89. The topological polar surface area (TPSA) is 73.6 Å². The molecule has 0 aliphatic heterocycles. The standard InChI is InChI=1S/C14H15N5/c1-9-4-5-11(8-15)7-12(9)18-13-6-10(2)17-14(16-3)19-13/h4-7H,1-3H3,(H2,16,17,18,19). The first-order chi connectivity index (χ1) is 9.12. The molecule has 2 aromatic rings. The van der Waals surface area contributed by atoms with Crippen molar-refractivity contribution in [3.63, 3.8) is 0 Å². The number of anilines is 3. The molecular formula is C14H15N5. The minimum Gasteiger partial charge on any atom is -0.357 e. The van der Waals surface area contributed by atoms with Gasteiger partial charge in [-0.15, -0.1) is 0 Å². The maximum absolute atomic E-state index is 8.93. The number of aryl methyl sites for hydroxylation is 2. The van der Waals surface area contributed by atoms with Gasteiger partial charge in [-0.1, -0.05) is 6.07 Å². The Labute approximate surface area is 112 Å². The van der Waals surface area contributed by atoms with Crippen LogP contribution in [0.3, 0.4) is 0 Å². The summed E-state index contributed by atoms with van der Waals surface area (Å²) in [5.41, 5.74) is 3.42. The normalized spacial score (nSPS) is 9.79. The summed E-state index contributed by atoms with van der Waals surface area (Å²) in [6.07, 6.45) is 0. The van der Waals surface area contributed by atoms with Crippen LogP contribution in [0.2, 0.25) is 0 Å². The molecule has 0 bridgehead atoms. The molecule has 0 radical (unpaired) electrons. The van der Waals surface area contributed by atoms with Crippen molar-refractivity contribution in [1.29, 1.82) is 5.26 Å². The van der Waals surface area contributed by atoms with E-state index in [9.17, 15) is 0 Å². The third kappa shape index (κ3) is 2.99. The third-order valence-corrected chi connectivity index (χ3v) is 2.71. The monoisotopic (exact) mass is 253 g/mol. The van der Waals surface area contributed by atoms with Crippen LogP contribution in [-0.2, 0) is 0 Å². The van der Waals surface area contributed by atoms with Crippen LogP contribution in [0.15, 0.2) is 24.3 Å². The zero-order chi connectivity index (χ0) is 13.8. The van der Waals surface area contributed by atoms with Crippen LogP contribution in [0.4, 0.5) is 17.5 Å². The minimum absolute atomic E-state index is 0.566. The molecule has 19 heavy (non-hydrogen) atoms. The van der Waals surface area contributed by atoms with E-state index >= 15 is 0 Å². The molecule has 1 heterocycles. The number of nitriles is 1. The number of nitrogens with one attached hydrogen (secondary N) is 2. The van der Waals surface area contributed by atoms with Crippen LogP contribution >= 0.6 is 0 Å². The van der Waals surface area contributed by atoms with Crippen molar-refractivity contribution in [3.8, 4) is 6.07 Å². The van der Waals surface area contributed by atoms with Gasteiger partial charge in [0, 0.05) is 24.5 Å². The molecule has 0 spiro atoms. The fourth-order valence-corrected chi connectivity index (χ4v) is 1.71. The van der Waals surface area contributed by atoms with E-state index in [1.165, 1.54) is 0 Å². The van der Waals surface area contributed by atoms with Gasteiger partial charge in [0.15, 0.2) is 0 Å². The molecule has 0 atom stereocenters. The highest BCUT2D eigenvalue weighted by Crippen LogP contribution is 2.21. The molecular weight excluding hydrogens is 238 g/mol. The van der Waals surface area contributed by atoms with Crippen molar-refractivity contribution in [2.75, 3.05) is 17.7 Å². The molecule has 2 rings (SSSR count). The maximum atomic E-state index is 8.93. The molecule has 5 nitrogen and oxygen atoms in total. The molecule has 0 saturated carbocycles. The van der Waals surface area contributed by atoms with Gasteiger partial charge in [0.2, 0.25) is 5.95 Å². The van der Waals surface area contributed by atoms with E-state index in [0.717, 1.165) is 16.9 Å². The Hall–Kier alpha value is -2.61. The summed E-state index contributed by atoms with van der Waals surface area (Å²) < 4.78 is 0. The lowest BCUT2D eigenvalue weighted by atomic mass is 10.1. The largest absolute Gasteiger partial charge is 0.357 e. The zero-order valence-corrected chi connectivity index (χ0v) is 11.2. The van der Waals surface area contributed by atoms with E-state index in [4.69, 9.17) is 5.26 Å². The van der Waals surface area contributed by atoms with Crippen LogP contribution in [0.5, 0.6) is 0 Å². The van der Waals surface area contributed by atoms with Gasteiger partial charge < -0.3 is 10.6 Å². The van der Waals surface area contributed by atoms with Gasteiger partial charge in [0.25, 0.3) is 0 Å². The SMILES string of the molecule is CNc1nc(C)cc(Nc2cc(C#N)ccc2C)n1. The van der Waals surface area contributed by atoms with Crippen molar-refractivity contribution in [2.24, 2.45) is 0 Å². The average molecular weight is 253 g/mol. The van der Waals surface area contributed by atoms with E-state index in [1.54, 1.807) is 13.1 Å². The number of aromatic nitrogens is 2. The number of nitrogens with zero attached hydrogens (tertiary/aromatic N) is 3. The molecule has 5 heteroatoms. The second-order valence-electron chi connectivity index (χ2n) is 4.23. The molecule has 1 aromatic carbocycles. The van der Waals surface area contributed by atoms with Crippen LogP contribution in [0, 0.1) is 25.2 Å². The molecule has 0 aliphatic rings. The van der Waals surface area contributed by atoms with Gasteiger partial charge in [-0.25, -0.2) is 4.98 Å². The third-order valence-electron chi connectivity index (χ3n) is 2.71. The number of hydrogen-bond donors (Lipinski definition) is 2. The Morgan fingerprint density at radius 3 is 2.63 bits per heavy atom. The Morgan fingerprint density at radius 2 is 1.95 bits per heavy atom. The lowest BCUT2D eigenvalue weighted by Crippen LogP contribution is -2.02. The van der Waals surface area contributed by atoms with Gasteiger partial charge in [-0.05, 0) is 31.5 Å². The van der Waals surface area contributed by atoms with Gasteiger partial charge in [0.1, 0.15) is 5.82 Å². The zero-order valence-electron chi connectivity index (χ0n) is 11.2. The van der Waals surface area contributed by atoms with Crippen LogP contribution in [0.25, 0.3) is 0 Å². The quantitative estimate of drug-likeness (QED) is 0.879. The first-order valence-electron chi connectivity index (χ1n) is 5.93. The van der Waals surface area contributed by atoms with Crippen molar-refractivity contribution in [3.05, 3.63) is 41.1 Å². The highest BCUT2D eigenvalue weighted by atomic mass is 15.1. The number of hydrogen-bond acceptors (Lipinski definition) is 5. The first kappa shape index (κ1) is 12.8. The second kappa shape index (κ2) is 5.36. The Kier molecular flexibility index (Phi) is 3.62. The maximum Gasteiger partial charge on any atom is 0.224 e. The molecule has 2 N–H and O–H groups in total. The number of rotatable bonds is 3. The summed E-state index contributed by atoms with van der Waals surface area (Å²) in [5.74, 6) is 1.27. The van der Waals surface area contributed by atoms with Gasteiger partial charge in [0.05, 0.1) is 11.6 Å². The molecule has 0 fully saturated rings. The summed E-state index contributed by atoms with van der Waals surface area (Å²) in [7, 11) is 1.78. The van der Waals surface area contributed by atoms with Crippen LogP contribution in [-0.4, -0.2) is 17.0 Å². The van der Waals surface area contributed by atoms with E-state index in [2.05, 4.69) is 26.7 Å². The lowest BCUT2D eigenvalue weighted by Gasteiger charge is -2.10. The minimum atomic E-state index is 0.566. The van der Waals surface area contributed by atoms with Crippen molar-refractivity contribution in [2.45, 2.75) is 13.8 Å². The molecule has 0 aliphatic carbocycles. The Balaban J connectivity index is 2.36.